The number of hydrogen-bond donors (Lipinski definition) is 0. The molecule has 2 aliphatic heterocycles. The lowest BCUT2D eigenvalue weighted by Crippen LogP contribution is -2.24. The lowest BCUT2D eigenvalue weighted by atomic mass is 9.87. The molecule has 2 aromatic carbocycles. The molecule has 0 N–H and O–H groups in total. The highest BCUT2D eigenvalue weighted by molar-refractivity contribution is 6.15. The number of rotatable bonds is 6. The number of aromatic nitrogens is 2. The molecule has 0 saturated heterocycles. The Kier molecular flexibility index (Phi) is 5.91. The number of Topliss-reactive ketones (excluding diaryl/α,β-unsaturated/α-hetero) is 1. The van der Waals surface area contributed by atoms with Gasteiger partial charge in [-0.1, -0.05) is 0 Å². The van der Waals surface area contributed by atoms with E-state index in [0.29, 0.717) is 45.4 Å². The number of allylic oxidation sites excluding steroid dienone is 1. The third kappa shape index (κ3) is 3.77. The zero-order valence-corrected chi connectivity index (χ0v) is 20.7. The van der Waals surface area contributed by atoms with Gasteiger partial charge in [-0.25, -0.2) is 0 Å². The monoisotopic (exact) mass is 490 g/mol. The summed E-state index contributed by atoms with van der Waals surface area (Å²) in [5, 5.41) is 4.43. The van der Waals surface area contributed by atoms with Crippen molar-refractivity contribution in [2.75, 3.05) is 21.3 Å². The fraction of sp³-hybridized carbons (Fsp3) is 0.296. The normalized spacial score (nSPS) is 17.5. The van der Waals surface area contributed by atoms with Crippen LogP contribution in [-0.2, 0) is 4.79 Å². The maximum Gasteiger partial charge on any atom is 0.312 e. The molecule has 186 valence electrons. The first-order valence-corrected chi connectivity index (χ1v) is 11.5. The SMILES string of the molecule is COc1cc(OC)c(OC)cc1/C=C1\Oc2c(ccc3c2[C@H](c2ccnn2C(C)C)CC(=O)O3)C1=O. The number of hydrogen-bond acceptors (Lipinski definition) is 8. The highest BCUT2D eigenvalue weighted by Crippen LogP contribution is 2.49. The molecule has 0 amide bonds. The second kappa shape index (κ2) is 9.07. The molecule has 9 nitrogen and oxygen atoms in total. The molecule has 9 heteroatoms. The molecule has 1 aromatic heterocycles. The van der Waals surface area contributed by atoms with Crippen LogP contribution < -0.4 is 23.7 Å². The van der Waals surface area contributed by atoms with Crippen molar-refractivity contribution >= 4 is 17.8 Å². The summed E-state index contributed by atoms with van der Waals surface area (Å²) >= 11 is 0. The minimum absolute atomic E-state index is 0.0867. The summed E-state index contributed by atoms with van der Waals surface area (Å²) in [7, 11) is 4.60. The molecule has 0 spiro atoms. The van der Waals surface area contributed by atoms with Crippen LogP contribution in [-0.4, -0.2) is 42.9 Å². The van der Waals surface area contributed by atoms with Crippen LogP contribution in [0.15, 0.2) is 42.3 Å². The maximum absolute atomic E-state index is 13.4. The van der Waals surface area contributed by atoms with Crippen molar-refractivity contribution < 1.29 is 33.3 Å². The number of fused-ring (bicyclic) bond motifs is 3. The quantitative estimate of drug-likeness (QED) is 0.282. The summed E-state index contributed by atoms with van der Waals surface area (Å²) in [5.74, 6) is 1.36. The molecular weight excluding hydrogens is 464 g/mol. The summed E-state index contributed by atoms with van der Waals surface area (Å²) < 4.78 is 29.8. The van der Waals surface area contributed by atoms with Gasteiger partial charge < -0.3 is 23.7 Å². The van der Waals surface area contributed by atoms with E-state index >= 15 is 0 Å². The van der Waals surface area contributed by atoms with Gasteiger partial charge in [0.2, 0.25) is 5.78 Å². The number of ether oxygens (including phenoxy) is 5. The van der Waals surface area contributed by atoms with Gasteiger partial charge in [-0.05, 0) is 44.2 Å². The molecule has 1 atom stereocenters. The zero-order valence-electron chi connectivity index (χ0n) is 20.7. The van der Waals surface area contributed by atoms with Crippen molar-refractivity contribution in [2.24, 2.45) is 0 Å². The standard InChI is InChI=1S/C27H26N2O7/c1-14(2)29-18(8-9-28-29)17-12-24(30)35-19-7-6-16-26(31)23(36-27(16)25(17)19)11-15-10-21(33-4)22(34-5)13-20(15)32-3/h6-11,13-14,17H,12H2,1-5H3/b23-11-/t17-/m0/s1. The van der Waals surface area contributed by atoms with Gasteiger partial charge in [-0.15, -0.1) is 0 Å². The third-order valence-corrected chi connectivity index (χ3v) is 6.35. The van der Waals surface area contributed by atoms with Gasteiger partial charge in [-0.3, -0.25) is 14.3 Å². The van der Waals surface area contributed by atoms with Crippen molar-refractivity contribution in [1.29, 1.82) is 0 Å². The van der Waals surface area contributed by atoms with E-state index in [-0.39, 0.29) is 35.9 Å². The first kappa shape index (κ1) is 23.5. The van der Waals surface area contributed by atoms with Crippen LogP contribution >= 0.6 is 0 Å². The summed E-state index contributed by atoms with van der Waals surface area (Å²) in [4.78, 5) is 25.8. The first-order valence-electron chi connectivity index (χ1n) is 11.5. The van der Waals surface area contributed by atoms with E-state index < -0.39 is 0 Å². The molecule has 2 aliphatic rings. The van der Waals surface area contributed by atoms with Gasteiger partial charge in [0, 0.05) is 41.0 Å². The number of nitrogens with zero attached hydrogens (tertiary/aromatic N) is 2. The Morgan fingerprint density at radius 3 is 2.42 bits per heavy atom. The Morgan fingerprint density at radius 2 is 1.72 bits per heavy atom. The van der Waals surface area contributed by atoms with E-state index in [1.54, 1.807) is 36.5 Å². The lowest BCUT2D eigenvalue weighted by Gasteiger charge is -2.27. The summed E-state index contributed by atoms with van der Waals surface area (Å²) in [6, 6.07) is 8.64. The van der Waals surface area contributed by atoms with Gasteiger partial charge in [0.05, 0.1) is 33.3 Å². The van der Waals surface area contributed by atoms with E-state index in [9.17, 15) is 9.59 Å². The first-order chi connectivity index (χ1) is 17.4. The Bertz CT molecular complexity index is 1400. The van der Waals surface area contributed by atoms with Crippen molar-refractivity contribution in [3.63, 3.8) is 0 Å². The molecular formula is C27H26N2O7. The van der Waals surface area contributed by atoms with Crippen molar-refractivity contribution in [3.05, 3.63) is 64.7 Å². The highest BCUT2D eigenvalue weighted by atomic mass is 16.5. The summed E-state index contributed by atoms with van der Waals surface area (Å²) in [6.45, 7) is 4.04. The van der Waals surface area contributed by atoms with Gasteiger partial charge in [0.25, 0.3) is 0 Å². The molecule has 3 heterocycles. The number of carbonyl (C=O) groups is 2. The fourth-order valence-electron chi connectivity index (χ4n) is 4.70. The number of ketones is 1. The number of esters is 1. The van der Waals surface area contributed by atoms with E-state index in [0.717, 1.165) is 5.69 Å². The van der Waals surface area contributed by atoms with E-state index in [1.165, 1.54) is 21.3 Å². The third-order valence-electron chi connectivity index (χ3n) is 6.35. The number of methoxy groups -OCH3 is 3. The lowest BCUT2D eigenvalue weighted by molar-refractivity contribution is -0.135. The van der Waals surface area contributed by atoms with E-state index in [4.69, 9.17) is 23.7 Å². The molecule has 0 unspecified atom stereocenters. The number of carbonyl (C=O) groups excluding carboxylic acids is 2. The summed E-state index contributed by atoms with van der Waals surface area (Å²) in [5.41, 5.74) is 2.50. The molecule has 3 aromatic rings. The second-order valence-corrected chi connectivity index (χ2v) is 8.77. The van der Waals surface area contributed by atoms with Crippen LogP contribution in [0.4, 0.5) is 0 Å². The molecule has 36 heavy (non-hydrogen) atoms. The minimum atomic E-state index is -0.371. The zero-order chi connectivity index (χ0) is 25.6. The molecule has 5 rings (SSSR count). The predicted molar refractivity (Wildman–Crippen MR) is 130 cm³/mol. The average Bonchev–Trinajstić information content (AvgIpc) is 3.48. The predicted octanol–water partition coefficient (Wildman–Crippen LogP) is 4.55. The van der Waals surface area contributed by atoms with Crippen LogP contribution in [0.5, 0.6) is 28.7 Å². The topological polar surface area (TPSA) is 98.1 Å². The average molecular weight is 491 g/mol. The highest BCUT2D eigenvalue weighted by Gasteiger charge is 2.39. The van der Waals surface area contributed by atoms with Crippen molar-refractivity contribution in [2.45, 2.75) is 32.2 Å². The molecule has 0 saturated carbocycles. The van der Waals surface area contributed by atoms with Crippen LogP contribution in [0, 0.1) is 0 Å². The molecule has 0 radical (unpaired) electrons. The summed E-state index contributed by atoms with van der Waals surface area (Å²) in [6.07, 6.45) is 3.43. The smallest absolute Gasteiger partial charge is 0.312 e. The largest absolute Gasteiger partial charge is 0.496 e. The molecule has 0 bridgehead atoms. The molecule has 0 fully saturated rings. The number of benzene rings is 2. The minimum Gasteiger partial charge on any atom is -0.496 e. The molecule has 0 aliphatic carbocycles. The van der Waals surface area contributed by atoms with Gasteiger partial charge in [0.15, 0.2) is 17.3 Å². The van der Waals surface area contributed by atoms with Gasteiger partial charge in [-0.2, -0.15) is 5.10 Å². The van der Waals surface area contributed by atoms with Crippen LogP contribution in [0.25, 0.3) is 6.08 Å². The van der Waals surface area contributed by atoms with Crippen molar-refractivity contribution in [1.82, 2.24) is 9.78 Å². The van der Waals surface area contributed by atoms with Gasteiger partial charge in [0.1, 0.15) is 17.2 Å². The Morgan fingerprint density at radius 1 is 1.00 bits per heavy atom. The van der Waals surface area contributed by atoms with Gasteiger partial charge >= 0.3 is 5.97 Å². The Hall–Kier alpha value is -4.27. The van der Waals surface area contributed by atoms with Crippen LogP contribution in [0.3, 0.4) is 0 Å². The van der Waals surface area contributed by atoms with Crippen molar-refractivity contribution in [3.8, 4) is 28.7 Å². The fourth-order valence-corrected chi connectivity index (χ4v) is 4.70. The maximum atomic E-state index is 13.4. The van der Waals surface area contributed by atoms with Crippen LogP contribution in [0.2, 0.25) is 0 Å². The van der Waals surface area contributed by atoms with E-state index in [2.05, 4.69) is 5.10 Å². The van der Waals surface area contributed by atoms with Crippen LogP contribution in [0.1, 0.15) is 59.4 Å². The second-order valence-electron chi connectivity index (χ2n) is 8.77. The van der Waals surface area contributed by atoms with E-state index in [1.807, 2.05) is 24.6 Å². The Balaban J connectivity index is 1.62. The Labute approximate surface area is 208 Å².